The van der Waals surface area contributed by atoms with Crippen molar-refractivity contribution in [3.8, 4) is 0 Å². The number of hydrogen-bond donors (Lipinski definition) is 0. The standard InChI is InChI=1S/C20H12O8/c1-25-17(21)7-15-11-3-9-6-14-12(4-10(9)5-13(11)19(23)27-15)16(28-20(14)24)8-18(22)26-2/h3-8H,1-2H3/b15-7+,16-8+. The van der Waals surface area contributed by atoms with Gasteiger partial charge in [-0.15, -0.1) is 0 Å². The monoisotopic (exact) mass is 380 g/mol. The highest BCUT2D eigenvalue weighted by Crippen LogP contribution is 2.37. The van der Waals surface area contributed by atoms with E-state index in [0.717, 1.165) is 12.2 Å². The summed E-state index contributed by atoms with van der Waals surface area (Å²) in [5, 5.41) is 1.26. The molecular weight excluding hydrogens is 368 g/mol. The molecule has 0 aliphatic carbocycles. The lowest BCUT2D eigenvalue weighted by molar-refractivity contribution is -0.135. The van der Waals surface area contributed by atoms with Gasteiger partial charge in [-0.3, -0.25) is 0 Å². The summed E-state index contributed by atoms with van der Waals surface area (Å²) in [5.74, 6) is -2.39. The minimum absolute atomic E-state index is 0.0723. The molecule has 8 nitrogen and oxygen atoms in total. The van der Waals surface area contributed by atoms with E-state index < -0.39 is 23.9 Å². The number of esters is 4. The van der Waals surface area contributed by atoms with Gasteiger partial charge in [-0.1, -0.05) is 0 Å². The second kappa shape index (κ2) is 6.34. The van der Waals surface area contributed by atoms with Crippen LogP contribution in [-0.4, -0.2) is 38.1 Å². The van der Waals surface area contributed by atoms with Crippen molar-refractivity contribution in [1.82, 2.24) is 0 Å². The van der Waals surface area contributed by atoms with E-state index in [0.29, 0.717) is 21.9 Å². The molecule has 140 valence electrons. The van der Waals surface area contributed by atoms with Gasteiger partial charge in [-0.2, -0.15) is 0 Å². The van der Waals surface area contributed by atoms with Crippen LogP contribution in [0.15, 0.2) is 36.4 Å². The number of ether oxygens (including phenoxy) is 4. The van der Waals surface area contributed by atoms with Gasteiger partial charge in [0, 0.05) is 11.1 Å². The summed E-state index contributed by atoms with van der Waals surface area (Å²) in [6, 6.07) is 6.45. The molecule has 8 heteroatoms. The zero-order chi connectivity index (χ0) is 20.0. The smallest absolute Gasteiger partial charge is 0.344 e. The second-order valence-corrected chi connectivity index (χ2v) is 5.99. The fraction of sp³-hybridized carbons (Fsp3) is 0.100. The molecule has 0 spiro atoms. The van der Waals surface area contributed by atoms with Crippen molar-refractivity contribution >= 4 is 46.2 Å². The zero-order valence-corrected chi connectivity index (χ0v) is 14.7. The molecule has 4 rings (SSSR count). The normalized spacial score (nSPS) is 17.4. The van der Waals surface area contributed by atoms with Gasteiger partial charge in [0.2, 0.25) is 0 Å². The molecule has 0 amide bonds. The third kappa shape index (κ3) is 2.71. The first-order valence-electron chi connectivity index (χ1n) is 8.07. The average Bonchev–Trinajstić information content (AvgIpc) is 3.14. The van der Waals surface area contributed by atoms with Gasteiger partial charge in [0.1, 0.15) is 11.5 Å². The number of fused-ring (bicyclic) bond motifs is 3. The maximum Gasteiger partial charge on any atom is 0.344 e. The highest BCUT2D eigenvalue weighted by Gasteiger charge is 2.31. The summed E-state index contributed by atoms with van der Waals surface area (Å²) in [6.07, 6.45) is 2.16. The lowest BCUT2D eigenvalue weighted by Gasteiger charge is -2.04. The molecule has 0 fully saturated rings. The van der Waals surface area contributed by atoms with Crippen molar-refractivity contribution < 1.29 is 38.1 Å². The van der Waals surface area contributed by atoms with Gasteiger partial charge in [0.25, 0.3) is 0 Å². The molecule has 2 aromatic rings. The minimum atomic E-state index is -0.661. The zero-order valence-electron chi connectivity index (χ0n) is 14.7. The largest absolute Gasteiger partial charge is 0.466 e. The highest BCUT2D eigenvalue weighted by atomic mass is 16.6. The lowest BCUT2D eigenvalue weighted by atomic mass is 9.96. The quantitative estimate of drug-likeness (QED) is 0.444. The van der Waals surface area contributed by atoms with E-state index in [1.54, 1.807) is 24.3 Å². The van der Waals surface area contributed by atoms with Gasteiger partial charge >= 0.3 is 23.9 Å². The number of methoxy groups -OCH3 is 2. The first-order chi connectivity index (χ1) is 13.4. The Kier molecular flexibility index (Phi) is 3.96. The molecule has 0 N–H and O–H groups in total. The Morgan fingerprint density at radius 3 is 1.43 bits per heavy atom. The van der Waals surface area contributed by atoms with Crippen LogP contribution in [0, 0.1) is 0 Å². The van der Waals surface area contributed by atoms with E-state index in [1.165, 1.54) is 14.2 Å². The first kappa shape index (κ1) is 17.5. The van der Waals surface area contributed by atoms with Crippen LogP contribution in [-0.2, 0) is 28.5 Å². The molecule has 2 aliphatic heterocycles. The summed E-state index contributed by atoms with van der Waals surface area (Å²) >= 11 is 0. The van der Waals surface area contributed by atoms with Crippen molar-refractivity contribution in [2.45, 2.75) is 0 Å². The van der Waals surface area contributed by atoms with E-state index in [4.69, 9.17) is 9.47 Å². The number of rotatable bonds is 2. The van der Waals surface area contributed by atoms with Crippen molar-refractivity contribution in [3.63, 3.8) is 0 Å². The molecule has 2 heterocycles. The molecule has 0 atom stereocenters. The SMILES string of the molecule is COC(=O)/C=C1/OC(=O)c2cc3cc4c(cc3cc21)C(=O)O/C4=C/C(=O)OC. The molecule has 2 aromatic carbocycles. The van der Waals surface area contributed by atoms with Gasteiger partial charge in [0.15, 0.2) is 0 Å². The number of carbonyl (C=O) groups excluding carboxylic acids is 4. The number of carbonyl (C=O) groups is 4. The topological polar surface area (TPSA) is 105 Å². The van der Waals surface area contributed by atoms with Crippen LogP contribution in [0.25, 0.3) is 22.3 Å². The third-order valence-corrected chi connectivity index (χ3v) is 4.39. The molecule has 0 aromatic heterocycles. The molecule has 0 saturated heterocycles. The predicted octanol–water partition coefficient (Wildman–Crippen LogP) is 2.21. The summed E-state index contributed by atoms with van der Waals surface area (Å²) in [5.41, 5.74) is 1.37. The van der Waals surface area contributed by atoms with Crippen LogP contribution < -0.4 is 0 Å². The second-order valence-electron chi connectivity index (χ2n) is 5.99. The Hall–Kier alpha value is -3.94. The van der Waals surface area contributed by atoms with E-state index in [2.05, 4.69) is 9.47 Å². The van der Waals surface area contributed by atoms with Crippen LogP contribution in [0.3, 0.4) is 0 Å². The summed E-state index contributed by atoms with van der Waals surface area (Å²) < 4.78 is 19.4. The number of cyclic esters (lactones) is 2. The first-order valence-corrected chi connectivity index (χ1v) is 8.07. The Labute approximate surface area is 157 Å². The average molecular weight is 380 g/mol. The summed E-state index contributed by atoms with van der Waals surface area (Å²) in [4.78, 5) is 47.3. The van der Waals surface area contributed by atoms with Crippen molar-refractivity contribution in [2.75, 3.05) is 14.2 Å². The maximum absolute atomic E-state index is 12.2. The van der Waals surface area contributed by atoms with Crippen LogP contribution in [0.4, 0.5) is 0 Å². The molecule has 0 radical (unpaired) electrons. The Morgan fingerprint density at radius 1 is 0.714 bits per heavy atom. The van der Waals surface area contributed by atoms with Crippen molar-refractivity contribution in [1.29, 1.82) is 0 Å². The third-order valence-electron chi connectivity index (χ3n) is 4.39. The van der Waals surface area contributed by atoms with E-state index in [1.807, 2.05) is 0 Å². The lowest BCUT2D eigenvalue weighted by Crippen LogP contribution is -1.97. The van der Waals surface area contributed by atoms with Gasteiger partial charge < -0.3 is 18.9 Å². The summed E-state index contributed by atoms with van der Waals surface area (Å²) in [6.45, 7) is 0. The van der Waals surface area contributed by atoms with E-state index >= 15 is 0 Å². The van der Waals surface area contributed by atoms with Crippen LogP contribution in [0.2, 0.25) is 0 Å². The van der Waals surface area contributed by atoms with E-state index in [-0.39, 0.29) is 22.6 Å². The minimum Gasteiger partial charge on any atom is -0.466 e. The molecular formula is C20H12O8. The summed E-state index contributed by atoms with van der Waals surface area (Å²) in [7, 11) is 2.43. The predicted molar refractivity (Wildman–Crippen MR) is 94.8 cm³/mol. The van der Waals surface area contributed by atoms with Crippen LogP contribution >= 0.6 is 0 Å². The van der Waals surface area contributed by atoms with Crippen LogP contribution in [0.1, 0.15) is 31.8 Å². The molecule has 0 bridgehead atoms. The Bertz CT molecular complexity index is 1060. The molecule has 28 heavy (non-hydrogen) atoms. The van der Waals surface area contributed by atoms with E-state index in [9.17, 15) is 19.2 Å². The van der Waals surface area contributed by atoms with Gasteiger partial charge in [-0.05, 0) is 35.0 Å². The van der Waals surface area contributed by atoms with Crippen molar-refractivity contribution in [2.24, 2.45) is 0 Å². The fourth-order valence-corrected chi connectivity index (χ4v) is 3.06. The number of benzene rings is 2. The molecule has 0 saturated carbocycles. The van der Waals surface area contributed by atoms with Gasteiger partial charge in [0.05, 0.1) is 37.5 Å². The molecule has 2 aliphatic rings. The van der Waals surface area contributed by atoms with Gasteiger partial charge in [-0.25, -0.2) is 19.2 Å². The molecule has 0 unspecified atom stereocenters. The van der Waals surface area contributed by atoms with Crippen LogP contribution in [0.5, 0.6) is 0 Å². The Morgan fingerprint density at radius 2 is 1.07 bits per heavy atom. The highest BCUT2D eigenvalue weighted by molar-refractivity contribution is 6.12. The number of hydrogen-bond acceptors (Lipinski definition) is 8. The fourth-order valence-electron chi connectivity index (χ4n) is 3.06. The van der Waals surface area contributed by atoms with Crippen molar-refractivity contribution in [3.05, 3.63) is 58.7 Å². The maximum atomic E-state index is 12.2. The Balaban J connectivity index is 1.89.